The van der Waals surface area contributed by atoms with Crippen LogP contribution < -0.4 is 16.2 Å². The van der Waals surface area contributed by atoms with Crippen molar-refractivity contribution >= 4 is 11.6 Å². The first kappa shape index (κ1) is 15.9. The summed E-state index contributed by atoms with van der Waals surface area (Å²) < 4.78 is 5.63. The summed E-state index contributed by atoms with van der Waals surface area (Å²) >= 11 is 0. The van der Waals surface area contributed by atoms with Crippen LogP contribution in [0.5, 0.6) is 5.75 Å². The lowest BCUT2D eigenvalue weighted by Gasteiger charge is -2.25. The Kier molecular flexibility index (Phi) is 4.67. The number of carbonyl (C=O) groups is 1. The highest BCUT2D eigenvalue weighted by molar-refractivity contribution is 5.83. The Morgan fingerprint density at radius 3 is 2.65 bits per heavy atom. The van der Waals surface area contributed by atoms with Crippen molar-refractivity contribution in [1.82, 2.24) is 0 Å². The number of aryl methyl sites for hydroxylation is 1. The van der Waals surface area contributed by atoms with Crippen LogP contribution in [0.2, 0.25) is 0 Å². The molecule has 2 unspecified atom stereocenters. The Balaban J connectivity index is 2.85. The molecule has 0 aliphatic rings. The van der Waals surface area contributed by atoms with Gasteiger partial charge in [0.25, 0.3) is 5.69 Å². The van der Waals surface area contributed by atoms with E-state index in [4.69, 9.17) is 16.2 Å². The zero-order valence-electron chi connectivity index (χ0n) is 11.8. The van der Waals surface area contributed by atoms with Crippen LogP contribution in [0.1, 0.15) is 25.8 Å². The average molecular weight is 281 g/mol. The molecule has 0 aliphatic carbocycles. The number of nitrogens with two attached hydrogens (primary N) is 2. The van der Waals surface area contributed by atoms with Gasteiger partial charge in [-0.3, -0.25) is 14.9 Å². The molecule has 1 aromatic rings. The van der Waals surface area contributed by atoms with Crippen molar-refractivity contribution in [1.29, 1.82) is 0 Å². The molecule has 0 aromatic heterocycles. The highest BCUT2D eigenvalue weighted by Gasteiger charge is 2.29. The van der Waals surface area contributed by atoms with Gasteiger partial charge in [-0.2, -0.15) is 0 Å². The molecule has 2 atom stereocenters. The van der Waals surface area contributed by atoms with E-state index in [1.165, 1.54) is 19.1 Å². The van der Waals surface area contributed by atoms with E-state index in [2.05, 4.69) is 0 Å². The minimum absolute atomic E-state index is 0.0526. The molecule has 7 heteroatoms. The van der Waals surface area contributed by atoms with Crippen LogP contribution in [0.25, 0.3) is 0 Å². The third kappa shape index (κ3) is 3.92. The second kappa shape index (κ2) is 5.87. The number of ether oxygens (including phenoxy) is 1. The molecule has 1 rings (SSSR count). The molecule has 4 N–H and O–H groups in total. The number of nitro benzene ring substituents is 1. The second-order valence-corrected chi connectivity index (χ2v) is 5.12. The van der Waals surface area contributed by atoms with E-state index < -0.39 is 22.5 Å². The van der Waals surface area contributed by atoms with Gasteiger partial charge in [0.1, 0.15) is 5.75 Å². The maximum atomic E-state index is 11.2. The van der Waals surface area contributed by atoms with Gasteiger partial charge >= 0.3 is 0 Å². The molecule has 0 fully saturated rings. The summed E-state index contributed by atoms with van der Waals surface area (Å²) in [5.74, 6) is -0.226. The van der Waals surface area contributed by atoms with Crippen molar-refractivity contribution in [3.05, 3.63) is 33.9 Å². The van der Waals surface area contributed by atoms with Crippen LogP contribution in [-0.4, -0.2) is 22.5 Å². The van der Waals surface area contributed by atoms with Crippen LogP contribution in [-0.2, 0) is 4.79 Å². The Morgan fingerprint density at radius 2 is 2.15 bits per heavy atom. The van der Waals surface area contributed by atoms with Gasteiger partial charge in [-0.05, 0) is 32.4 Å². The summed E-state index contributed by atoms with van der Waals surface area (Å²) in [7, 11) is 0. The number of primary amides is 1. The smallest absolute Gasteiger partial charge is 0.273 e. The molecule has 1 aromatic carbocycles. The van der Waals surface area contributed by atoms with E-state index in [1.807, 2.05) is 0 Å². The van der Waals surface area contributed by atoms with Gasteiger partial charge in [0.05, 0.1) is 22.6 Å². The fourth-order valence-electron chi connectivity index (χ4n) is 1.79. The number of benzene rings is 1. The van der Waals surface area contributed by atoms with E-state index in [0.29, 0.717) is 5.75 Å². The summed E-state index contributed by atoms with van der Waals surface area (Å²) in [4.78, 5) is 21.4. The van der Waals surface area contributed by atoms with E-state index in [1.54, 1.807) is 19.9 Å². The largest absolute Gasteiger partial charge is 0.490 e. The second-order valence-electron chi connectivity index (χ2n) is 5.12. The lowest BCUT2D eigenvalue weighted by atomic mass is 9.95. The zero-order valence-corrected chi connectivity index (χ0v) is 11.8. The normalized spacial score (nSPS) is 15.2. The molecular weight excluding hydrogens is 262 g/mol. The van der Waals surface area contributed by atoms with Crippen LogP contribution in [0.4, 0.5) is 5.69 Å². The van der Waals surface area contributed by atoms with Crippen LogP contribution in [0, 0.1) is 17.0 Å². The minimum Gasteiger partial charge on any atom is -0.490 e. The van der Waals surface area contributed by atoms with Crippen LogP contribution >= 0.6 is 0 Å². The zero-order chi connectivity index (χ0) is 15.5. The fraction of sp³-hybridized carbons (Fsp3) is 0.462. The summed E-state index contributed by atoms with van der Waals surface area (Å²) in [6, 6.07) is 4.36. The number of non-ortho nitro benzene ring substituents is 1. The van der Waals surface area contributed by atoms with Gasteiger partial charge in [0.2, 0.25) is 5.91 Å². The van der Waals surface area contributed by atoms with Gasteiger partial charge in [-0.1, -0.05) is 0 Å². The first-order valence-electron chi connectivity index (χ1n) is 6.14. The molecular formula is C13H19N3O4. The van der Waals surface area contributed by atoms with Crippen molar-refractivity contribution in [2.24, 2.45) is 11.5 Å². The molecule has 0 saturated heterocycles. The maximum absolute atomic E-state index is 11.2. The third-order valence-corrected chi connectivity index (χ3v) is 2.99. The summed E-state index contributed by atoms with van der Waals surface area (Å²) in [5, 5.41) is 10.7. The molecule has 0 radical (unpaired) electrons. The average Bonchev–Trinajstić information content (AvgIpc) is 2.30. The van der Waals surface area contributed by atoms with Gasteiger partial charge in [-0.15, -0.1) is 0 Å². The van der Waals surface area contributed by atoms with Crippen molar-refractivity contribution in [3.8, 4) is 5.75 Å². The number of hydrogen-bond acceptors (Lipinski definition) is 5. The minimum atomic E-state index is -1.19. The number of carbonyl (C=O) groups excluding carboxylic acids is 1. The van der Waals surface area contributed by atoms with E-state index >= 15 is 0 Å². The van der Waals surface area contributed by atoms with Gasteiger partial charge in [0.15, 0.2) is 0 Å². The van der Waals surface area contributed by atoms with E-state index in [9.17, 15) is 14.9 Å². The fourth-order valence-corrected chi connectivity index (χ4v) is 1.79. The lowest BCUT2D eigenvalue weighted by molar-refractivity contribution is -0.385. The number of nitro groups is 1. The predicted octanol–water partition coefficient (Wildman–Crippen LogP) is 1.26. The highest BCUT2D eigenvalue weighted by Crippen LogP contribution is 2.26. The number of hydrogen-bond donors (Lipinski definition) is 2. The third-order valence-electron chi connectivity index (χ3n) is 2.99. The summed E-state index contributed by atoms with van der Waals surface area (Å²) in [5.41, 5.74) is 10.5. The van der Waals surface area contributed by atoms with Crippen molar-refractivity contribution in [2.75, 3.05) is 0 Å². The van der Waals surface area contributed by atoms with E-state index in [-0.39, 0.29) is 12.1 Å². The molecule has 7 nitrogen and oxygen atoms in total. The van der Waals surface area contributed by atoms with Gasteiger partial charge in [-0.25, -0.2) is 0 Å². The molecule has 0 spiro atoms. The number of rotatable bonds is 6. The molecule has 110 valence electrons. The Hall–Kier alpha value is -2.15. The SMILES string of the molecule is Cc1ccc([N+](=O)[O-])cc1OC(C)CC(C)(N)C(N)=O. The first-order chi connectivity index (χ1) is 9.13. The predicted molar refractivity (Wildman–Crippen MR) is 74.3 cm³/mol. The summed E-state index contributed by atoms with van der Waals surface area (Å²) in [6.07, 6.45) is -0.192. The number of amides is 1. The number of nitrogens with zero attached hydrogens (tertiary/aromatic N) is 1. The van der Waals surface area contributed by atoms with Gasteiger partial charge < -0.3 is 16.2 Å². The topological polar surface area (TPSA) is 121 Å². The monoisotopic (exact) mass is 281 g/mol. The molecule has 1 amide bonds. The van der Waals surface area contributed by atoms with Crippen LogP contribution in [0.15, 0.2) is 18.2 Å². The molecule has 0 heterocycles. The summed E-state index contributed by atoms with van der Waals surface area (Å²) in [6.45, 7) is 5.03. The maximum Gasteiger partial charge on any atom is 0.273 e. The molecule has 0 aliphatic heterocycles. The first-order valence-corrected chi connectivity index (χ1v) is 6.14. The Bertz CT molecular complexity index is 528. The van der Waals surface area contributed by atoms with Crippen molar-refractivity contribution in [3.63, 3.8) is 0 Å². The van der Waals surface area contributed by atoms with Crippen LogP contribution in [0.3, 0.4) is 0 Å². The Morgan fingerprint density at radius 1 is 1.55 bits per heavy atom. The molecule has 0 saturated carbocycles. The van der Waals surface area contributed by atoms with Crippen molar-refractivity contribution in [2.45, 2.75) is 38.8 Å². The standard InChI is InChI=1S/C13H19N3O4/c1-8-4-5-10(16(18)19)6-11(8)20-9(2)7-13(3,15)12(14)17/h4-6,9H,7,15H2,1-3H3,(H2,14,17). The van der Waals surface area contributed by atoms with Crippen molar-refractivity contribution < 1.29 is 14.5 Å². The van der Waals surface area contributed by atoms with Gasteiger partial charge in [0, 0.05) is 12.5 Å². The quantitative estimate of drug-likeness (QED) is 0.600. The molecule has 0 bridgehead atoms. The Labute approximate surface area is 117 Å². The van der Waals surface area contributed by atoms with E-state index in [0.717, 1.165) is 5.56 Å². The highest BCUT2D eigenvalue weighted by atomic mass is 16.6. The molecule has 20 heavy (non-hydrogen) atoms. The lowest BCUT2D eigenvalue weighted by Crippen LogP contribution is -2.51.